The second-order valence-electron chi connectivity index (χ2n) is 3.13. The van der Waals surface area contributed by atoms with E-state index >= 15 is 0 Å². The fraction of sp³-hybridized carbons (Fsp3) is 0.375. The molecule has 7 nitrogen and oxygen atoms in total. The molecule has 1 atom stereocenters. The Morgan fingerprint density at radius 2 is 2.16 bits per heavy atom. The van der Waals surface area contributed by atoms with Crippen LogP contribution < -0.4 is 5.32 Å². The van der Waals surface area contributed by atoms with Crippen LogP contribution in [0.5, 0.6) is 0 Å². The summed E-state index contributed by atoms with van der Waals surface area (Å²) in [5.74, 6) is -1.45. The molecule has 1 unspecified atom stereocenters. The number of amides is 1. The van der Waals surface area contributed by atoms with E-state index in [2.05, 4.69) is 15.0 Å². The Labute approximate surface area is 126 Å². The van der Waals surface area contributed by atoms with Crippen LogP contribution in [0.1, 0.15) is 11.8 Å². The third kappa shape index (κ3) is 5.79. The molecule has 0 aromatic carbocycles. The smallest absolute Gasteiger partial charge is 0.413 e. The zero-order valence-corrected chi connectivity index (χ0v) is 12.1. The second kappa shape index (κ2) is 6.58. The topological polar surface area (TPSA) is 109 Å². The Hall–Kier alpha value is -0.800. The van der Waals surface area contributed by atoms with Crippen molar-refractivity contribution in [2.24, 2.45) is 0 Å². The van der Waals surface area contributed by atoms with Gasteiger partial charge in [0.05, 0.1) is 5.69 Å². The number of thiazole rings is 1. The van der Waals surface area contributed by atoms with E-state index in [-0.39, 0.29) is 10.8 Å². The Bertz CT molecular complexity index is 475. The molecule has 1 aromatic rings. The highest BCUT2D eigenvalue weighted by atomic mass is 35.6. The molecule has 0 aliphatic carbocycles. The largest absolute Gasteiger partial charge is 0.479 e. The monoisotopic (exact) mass is 348 g/mol. The molecule has 0 aliphatic heterocycles. The number of hydrogen-bond donors (Lipinski definition) is 3. The lowest BCUT2D eigenvalue weighted by Crippen LogP contribution is -2.21. The zero-order chi connectivity index (χ0) is 14.6. The first kappa shape index (κ1) is 16.3. The van der Waals surface area contributed by atoms with Crippen LogP contribution in [0.2, 0.25) is 0 Å². The summed E-state index contributed by atoms with van der Waals surface area (Å²) in [5.41, 5.74) is -0.103. The van der Waals surface area contributed by atoms with Gasteiger partial charge in [-0.25, -0.2) is 14.6 Å². The van der Waals surface area contributed by atoms with Crippen LogP contribution in [0.3, 0.4) is 0 Å². The van der Waals surface area contributed by atoms with E-state index in [0.29, 0.717) is 0 Å². The van der Waals surface area contributed by atoms with Gasteiger partial charge in [0.2, 0.25) is 3.79 Å². The first-order valence-corrected chi connectivity index (χ1v) is 6.57. The number of anilines is 1. The van der Waals surface area contributed by atoms with Crippen LogP contribution in [0.25, 0.3) is 0 Å². The number of aliphatic hydroxyl groups excluding tert-OH is 1. The van der Waals surface area contributed by atoms with E-state index in [1.807, 2.05) is 0 Å². The molecule has 106 valence electrons. The molecule has 1 aromatic heterocycles. The Kier molecular flexibility index (Phi) is 5.63. The first-order valence-electron chi connectivity index (χ1n) is 4.56. The van der Waals surface area contributed by atoms with Crippen molar-refractivity contribution < 1.29 is 24.5 Å². The fourth-order valence-electron chi connectivity index (χ4n) is 0.866. The molecule has 3 N–H and O–H groups in total. The molecule has 0 saturated carbocycles. The number of nitrogens with one attached hydrogen (secondary N) is 1. The van der Waals surface area contributed by atoms with Crippen LogP contribution in [-0.4, -0.2) is 37.7 Å². The quantitative estimate of drug-likeness (QED) is 0.719. The number of aliphatic hydroxyl groups is 1. The van der Waals surface area contributed by atoms with Crippen molar-refractivity contribution in [2.75, 3.05) is 11.9 Å². The Morgan fingerprint density at radius 1 is 1.53 bits per heavy atom. The van der Waals surface area contributed by atoms with Gasteiger partial charge in [0.15, 0.2) is 11.2 Å². The Morgan fingerprint density at radius 3 is 2.68 bits per heavy atom. The Balaban J connectivity index is 2.54. The minimum absolute atomic E-state index is 0.0459. The number of halogens is 3. The number of carbonyl (C=O) groups is 2. The van der Waals surface area contributed by atoms with Gasteiger partial charge in [0.1, 0.15) is 6.61 Å². The molecule has 0 bridgehead atoms. The SMILES string of the molecule is O=C(Nc1nc(C(O)C(=O)O)cs1)OCC(Cl)(Cl)Cl. The van der Waals surface area contributed by atoms with E-state index in [9.17, 15) is 14.7 Å². The van der Waals surface area contributed by atoms with Crippen molar-refractivity contribution in [2.45, 2.75) is 9.90 Å². The predicted octanol–water partition coefficient (Wildman–Crippen LogP) is 2.18. The first-order chi connectivity index (χ1) is 8.69. The lowest BCUT2D eigenvalue weighted by atomic mass is 10.3. The average molecular weight is 350 g/mol. The maximum Gasteiger partial charge on any atom is 0.413 e. The highest BCUT2D eigenvalue weighted by Gasteiger charge is 2.23. The van der Waals surface area contributed by atoms with Crippen LogP contribution in [0.15, 0.2) is 5.38 Å². The van der Waals surface area contributed by atoms with Crippen molar-refractivity contribution in [3.8, 4) is 0 Å². The summed E-state index contributed by atoms with van der Waals surface area (Å²) in [6.45, 7) is -0.459. The molecular formula is C8H7Cl3N2O5S. The van der Waals surface area contributed by atoms with Crippen LogP contribution in [-0.2, 0) is 9.53 Å². The second-order valence-corrected chi connectivity index (χ2v) is 6.51. The van der Waals surface area contributed by atoms with Crippen molar-refractivity contribution in [3.63, 3.8) is 0 Å². The lowest BCUT2D eigenvalue weighted by molar-refractivity contribution is -0.147. The number of aromatic nitrogens is 1. The molecule has 19 heavy (non-hydrogen) atoms. The third-order valence-electron chi connectivity index (χ3n) is 1.61. The average Bonchev–Trinajstić information content (AvgIpc) is 2.72. The molecule has 0 saturated heterocycles. The molecule has 1 rings (SSSR count). The molecule has 0 fully saturated rings. The molecule has 11 heteroatoms. The fourth-order valence-corrected chi connectivity index (χ4v) is 1.74. The molecule has 0 radical (unpaired) electrons. The van der Waals surface area contributed by atoms with Crippen LogP contribution in [0, 0.1) is 0 Å². The number of ether oxygens (including phenoxy) is 1. The van der Waals surface area contributed by atoms with Gasteiger partial charge in [-0.05, 0) is 0 Å². The summed E-state index contributed by atoms with van der Waals surface area (Å²) < 4.78 is 2.84. The van der Waals surface area contributed by atoms with Crippen molar-refractivity contribution in [1.29, 1.82) is 0 Å². The minimum Gasteiger partial charge on any atom is -0.479 e. The molecule has 1 amide bonds. The zero-order valence-electron chi connectivity index (χ0n) is 8.97. The van der Waals surface area contributed by atoms with Gasteiger partial charge in [0, 0.05) is 5.38 Å². The number of carboxylic acids is 1. The molecule has 0 aliphatic rings. The van der Waals surface area contributed by atoms with Gasteiger partial charge in [-0.3, -0.25) is 5.32 Å². The van der Waals surface area contributed by atoms with E-state index in [0.717, 1.165) is 11.3 Å². The number of rotatable bonds is 4. The van der Waals surface area contributed by atoms with E-state index < -0.39 is 28.6 Å². The van der Waals surface area contributed by atoms with Crippen molar-refractivity contribution in [1.82, 2.24) is 4.98 Å². The number of nitrogens with zero attached hydrogens (tertiary/aromatic N) is 1. The third-order valence-corrected chi connectivity index (χ3v) is 2.72. The number of carbonyl (C=O) groups excluding carboxylic acids is 1. The summed E-state index contributed by atoms with van der Waals surface area (Å²) in [5, 5.41) is 21.3. The van der Waals surface area contributed by atoms with E-state index in [1.165, 1.54) is 5.38 Å². The lowest BCUT2D eigenvalue weighted by Gasteiger charge is -2.10. The van der Waals surface area contributed by atoms with Gasteiger partial charge in [-0.2, -0.15) is 0 Å². The van der Waals surface area contributed by atoms with Crippen LogP contribution >= 0.6 is 46.1 Å². The number of alkyl halides is 3. The van der Waals surface area contributed by atoms with Gasteiger partial charge < -0.3 is 14.9 Å². The highest BCUT2D eigenvalue weighted by molar-refractivity contribution is 7.13. The summed E-state index contributed by atoms with van der Waals surface area (Å²) in [4.78, 5) is 25.4. The maximum atomic E-state index is 11.3. The van der Waals surface area contributed by atoms with Crippen LogP contribution in [0.4, 0.5) is 9.93 Å². The number of aliphatic carboxylic acids is 1. The normalized spacial score (nSPS) is 12.8. The van der Waals surface area contributed by atoms with Gasteiger partial charge >= 0.3 is 12.1 Å². The van der Waals surface area contributed by atoms with Crippen molar-refractivity contribution in [3.05, 3.63) is 11.1 Å². The molecular weight excluding hydrogens is 343 g/mol. The highest BCUT2D eigenvalue weighted by Crippen LogP contribution is 2.26. The summed E-state index contributed by atoms with van der Waals surface area (Å²) in [6, 6.07) is 0. The van der Waals surface area contributed by atoms with Gasteiger partial charge in [0.25, 0.3) is 0 Å². The van der Waals surface area contributed by atoms with Crippen molar-refractivity contribution >= 4 is 63.3 Å². The number of hydrogen-bond acceptors (Lipinski definition) is 6. The summed E-state index contributed by atoms with van der Waals surface area (Å²) >= 11 is 17.0. The summed E-state index contributed by atoms with van der Waals surface area (Å²) in [7, 11) is 0. The van der Waals surface area contributed by atoms with E-state index in [4.69, 9.17) is 39.9 Å². The standard InChI is InChI=1S/C8H7Cl3N2O5S/c9-8(10,11)2-18-7(17)13-6-12-3(1-19-6)4(14)5(15)16/h1,4,14H,2H2,(H,15,16)(H,12,13,17). The predicted molar refractivity (Wildman–Crippen MR) is 70.0 cm³/mol. The van der Waals surface area contributed by atoms with Gasteiger partial charge in [-0.1, -0.05) is 34.8 Å². The number of carboxylic acid groups (broad SMARTS) is 1. The minimum atomic E-state index is -1.76. The maximum absolute atomic E-state index is 11.3. The molecule has 1 heterocycles. The molecule has 0 spiro atoms. The summed E-state index contributed by atoms with van der Waals surface area (Å²) in [6.07, 6.45) is -2.68. The van der Waals surface area contributed by atoms with E-state index in [1.54, 1.807) is 0 Å². The van der Waals surface area contributed by atoms with Gasteiger partial charge in [-0.15, -0.1) is 11.3 Å².